The highest BCUT2D eigenvalue weighted by molar-refractivity contribution is 7.89. The lowest BCUT2D eigenvalue weighted by Crippen LogP contribution is -2.24. The molecule has 0 aliphatic carbocycles. The van der Waals surface area contributed by atoms with Crippen LogP contribution in [0.15, 0.2) is 55.0 Å². The number of rotatable bonds is 6. The number of aryl methyl sites for hydroxylation is 1. The molecular weight excluding hydrogens is 342 g/mol. The van der Waals surface area contributed by atoms with E-state index in [9.17, 15) is 13.2 Å². The summed E-state index contributed by atoms with van der Waals surface area (Å²) in [7, 11) is -1.90. The summed E-state index contributed by atoms with van der Waals surface area (Å²) in [4.78, 5) is 12.1. The molecule has 2 aromatic heterocycles. The average molecular weight is 359 g/mol. The summed E-state index contributed by atoms with van der Waals surface area (Å²) in [5.41, 5.74) is 1.54. The summed E-state index contributed by atoms with van der Waals surface area (Å²) in [5.74, 6) is -0.635. The van der Waals surface area contributed by atoms with Crippen molar-refractivity contribution >= 4 is 15.9 Å². The van der Waals surface area contributed by atoms with Gasteiger partial charge in [-0.1, -0.05) is 30.3 Å². The summed E-state index contributed by atoms with van der Waals surface area (Å²) < 4.78 is 27.2. The van der Waals surface area contributed by atoms with Gasteiger partial charge in [0.05, 0.1) is 11.9 Å². The van der Waals surface area contributed by atoms with Crippen LogP contribution in [0.5, 0.6) is 0 Å². The molecule has 0 bridgehead atoms. The SMILES string of the molecule is Cn1cc(CNC(=O)c2ccn(S(=O)(=O)Cc3ccccc3)n2)cn1. The van der Waals surface area contributed by atoms with Gasteiger partial charge in [-0.3, -0.25) is 9.48 Å². The zero-order chi connectivity index (χ0) is 17.9. The van der Waals surface area contributed by atoms with E-state index in [2.05, 4.69) is 15.5 Å². The fraction of sp³-hybridized carbons (Fsp3) is 0.188. The van der Waals surface area contributed by atoms with Crippen molar-refractivity contribution in [1.82, 2.24) is 24.3 Å². The predicted molar refractivity (Wildman–Crippen MR) is 91.1 cm³/mol. The normalized spacial score (nSPS) is 11.4. The number of nitrogens with zero attached hydrogens (tertiary/aromatic N) is 4. The van der Waals surface area contributed by atoms with Gasteiger partial charge >= 0.3 is 0 Å². The molecule has 8 nitrogen and oxygen atoms in total. The molecule has 3 rings (SSSR count). The Morgan fingerprint density at radius 1 is 1.16 bits per heavy atom. The number of carbonyl (C=O) groups is 1. The Hall–Kier alpha value is -2.94. The Labute approximate surface area is 145 Å². The first kappa shape index (κ1) is 16.9. The van der Waals surface area contributed by atoms with Gasteiger partial charge in [0, 0.05) is 31.5 Å². The van der Waals surface area contributed by atoms with Gasteiger partial charge in [-0.25, -0.2) is 8.42 Å². The first-order valence-electron chi connectivity index (χ1n) is 7.52. The van der Waals surface area contributed by atoms with Gasteiger partial charge in [0.2, 0.25) is 0 Å². The van der Waals surface area contributed by atoms with E-state index in [0.717, 1.165) is 9.65 Å². The second-order valence-electron chi connectivity index (χ2n) is 5.52. The van der Waals surface area contributed by atoms with Gasteiger partial charge in [-0.05, 0) is 11.6 Å². The highest BCUT2D eigenvalue weighted by atomic mass is 32.2. The van der Waals surface area contributed by atoms with E-state index < -0.39 is 15.9 Å². The Bertz CT molecular complexity index is 976. The number of hydrogen-bond acceptors (Lipinski definition) is 5. The van der Waals surface area contributed by atoms with Crippen LogP contribution in [-0.2, 0) is 29.4 Å². The molecule has 0 spiro atoms. The van der Waals surface area contributed by atoms with Crippen LogP contribution >= 0.6 is 0 Å². The molecule has 0 saturated carbocycles. The molecule has 0 aliphatic heterocycles. The van der Waals surface area contributed by atoms with Crippen molar-refractivity contribution in [2.45, 2.75) is 12.3 Å². The zero-order valence-corrected chi connectivity index (χ0v) is 14.3. The van der Waals surface area contributed by atoms with E-state index in [0.29, 0.717) is 5.56 Å². The van der Waals surface area contributed by atoms with Crippen LogP contribution < -0.4 is 5.32 Å². The maximum atomic E-state index is 12.4. The van der Waals surface area contributed by atoms with Crippen molar-refractivity contribution in [3.8, 4) is 0 Å². The van der Waals surface area contributed by atoms with Gasteiger partial charge in [-0.2, -0.15) is 14.3 Å². The minimum atomic E-state index is -3.68. The number of aromatic nitrogens is 4. The third-order valence-electron chi connectivity index (χ3n) is 3.49. The molecule has 1 N–H and O–H groups in total. The molecule has 2 heterocycles. The summed E-state index contributed by atoms with van der Waals surface area (Å²) in [6.07, 6.45) is 4.70. The van der Waals surface area contributed by atoms with Crippen molar-refractivity contribution in [3.05, 3.63) is 71.8 Å². The van der Waals surface area contributed by atoms with Gasteiger partial charge in [-0.15, -0.1) is 0 Å². The highest BCUT2D eigenvalue weighted by Crippen LogP contribution is 2.09. The van der Waals surface area contributed by atoms with Crippen LogP contribution in [0.25, 0.3) is 0 Å². The Kier molecular flexibility index (Phi) is 4.66. The third kappa shape index (κ3) is 4.13. The molecule has 9 heteroatoms. The second-order valence-corrected chi connectivity index (χ2v) is 7.35. The lowest BCUT2D eigenvalue weighted by atomic mass is 10.2. The fourth-order valence-corrected chi connectivity index (χ4v) is 3.47. The van der Waals surface area contributed by atoms with Crippen molar-refractivity contribution in [3.63, 3.8) is 0 Å². The zero-order valence-electron chi connectivity index (χ0n) is 13.5. The number of benzene rings is 1. The van der Waals surface area contributed by atoms with Gasteiger partial charge in [0.25, 0.3) is 15.9 Å². The minimum Gasteiger partial charge on any atom is -0.346 e. The number of hydrogen-bond donors (Lipinski definition) is 1. The molecule has 0 unspecified atom stereocenters. The van der Waals surface area contributed by atoms with Crippen LogP contribution in [0, 0.1) is 0 Å². The Balaban J connectivity index is 1.67. The standard InChI is InChI=1S/C16H17N5O3S/c1-20-11-14(10-18-20)9-17-16(22)15-7-8-21(19-15)25(23,24)12-13-5-3-2-4-6-13/h2-8,10-11H,9,12H2,1H3,(H,17,22). The lowest BCUT2D eigenvalue weighted by Gasteiger charge is -2.04. The Morgan fingerprint density at radius 2 is 1.92 bits per heavy atom. The fourth-order valence-electron chi connectivity index (χ4n) is 2.27. The molecule has 130 valence electrons. The number of amides is 1. The van der Waals surface area contributed by atoms with Crippen LogP contribution in [0.1, 0.15) is 21.6 Å². The third-order valence-corrected chi connectivity index (χ3v) is 4.96. The lowest BCUT2D eigenvalue weighted by molar-refractivity contribution is 0.0945. The summed E-state index contributed by atoms with van der Waals surface area (Å²) in [6.45, 7) is 0.288. The maximum Gasteiger partial charge on any atom is 0.272 e. The van der Waals surface area contributed by atoms with Gasteiger partial charge in [0.15, 0.2) is 5.69 Å². The molecule has 0 saturated heterocycles. The van der Waals surface area contributed by atoms with E-state index in [-0.39, 0.29) is 18.0 Å². The first-order valence-corrected chi connectivity index (χ1v) is 9.13. The van der Waals surface area contributed by atoms with Crippen LogP contribution in [-0.4, -0.2) is 33.3 Å². The summed E-state index contributed by atoms with van der Waals surface area (Å²) in [5, 5.41) is 10.6. The molecule has 0 fully saturated rings. The van der Waals surface area contributed by atoms with Gasteiger partial charge in [0.1, 0.15) is 0 Å². The quantitative estimate of drug-likeness (QED) is 0.706. The van der Waals surface area contributed by atoms with Crippen LogP contribution in [0.4, 0.5) is 0 Å². The number of carbonyl (C=O) groups excluding carboxylic acids is 1. The summed E-state index contributed by atoms with van der Waals surface area (Å²) >= 11 is 0. The highest BCUT2D eigenvalue weighted by Gasteiger charge is 2.18. The van der Waals surface area contributed by atoms with E-state index in [4.69, 9.17) is 0 Å². The topological polar surface area (TPSA) is 98.9 Å². The molecule has 1 aromatic carbocycles. The van der Waals surface area contributed by atoms with Crippen LogP contribution in [0.2, 0.25) is 0 Å². The first-order chi connectivity index (χ1) is 11.9. The largest absolute Gasteiger partial charge is 0.346 e. The number of nitrogens with one attached hydrogen (secondary N) is 1. The van der Waals surface area contributed by atoms with Crippen LogP contribution in [0.3, 0.4) is 0 Å². The van der Waals surface area contributed by atoms with E-state index in [1.165, 1.54) is 12.3 Å². The summed E-state index contributed by atoms with van der Waals surface area (Å²) in [6, 6.07) is 10.2. The predicted octanol–water partition coefficient (Wildman–Crippen LogP) is 0.925. The van der Waals surface area contributed by atoms with Crippen molar-refractivity contribution in [2.24, 2.45) is 7.05 Å². The maximum absolute atomic E-state index is 12.4. The molecule has 3 aromatic rings. The molecule has 25 heavy (non-hydrogen) atoms. The molecular formula is C16H17N5O3S. The smallest absolute Gasteiger partial charge is 0.272 e. The molecule has 1 amide bonds. The average Bonchev–Trinajstić information content (AvgIpc) is 3.23. The molecule has 0 aliphatic rings. The molecule has 0 atom stereocenters. The second kappa shape index (κ2) is 6.89. The van der Waals surface area contributed by atoms with E-state index >= 15 is 0 Å². The van der Waals surface area contributed by atoms with Crippen molar-refractivity contribution < 1.29 is 13.2 Å². The Morgan fingerprint density at radius 3 is 2.60 bits per heavy atom. The monoisotopic (exact) mass is 359 g/mol. The van der Waals surface area contributed by atoms with E-state index in [1.54, 1.807) is 48.4 Å². The van der Waals surface area contributed by atoms with Crippen molar-refractivity contribution in [2.75, 3.05) is 0 Å². The van der Waals surface area contributed by atoms with Crippen molar-refractivity contribution in [1.29, 1.82) is 0 Å². The van der Waals surface area contributed by atoms with E-state index in [1.807, 2.05) is 6.07 Å². The minimum absolute atomic E-state index is 0.0422. The molecule has 0 radical (unpaired) electrons. The van der Waals surface area contributed by atoms with Gasteiger partial charge < -0.3 is 5.32 Å².